The number of piperidine rings is 1. The molecule has 34 heavy (non-hydrogen) atoms. The minimum absolute atomic E-state index is 0. The number of nitrogens with two attached hydrogens (primary N) is 1. The van der Waals surface area contributed by atoms with Gasteiger partial charge < -0.3 is 25.0 Å². The zero-order valence-electron chi connectivity index (χ0n) is 19.6. The average molecular weight is 494 g/mol. The van der Waals surface area contributed by atoms with Crippen LogP contribution in [0.2, 0.25) is 0 Å². The van der Waals surface area contributed by atoms with E-state index in [1.54, 1.807) is 15.7 Å². The van der Waals surface area contributed by atoms with E-state index in [1.165, 1.54) is 6.33 Å². The van der Waals surface area contributed by atoms with Crippen LogP contribution in [0.1, 0.15) is 32.6 Å². The summed E-state index contributed by atoms with van der Waals surface area (Å²) in [6, 6.07) is 3.86. The third-order valence-corrected chi connectivity index (χ3v) is 6.01. The molecule has 1 fully saturated rings. The van der Waals surface area contributed by atoms with Crippen molar-refractivity contribution < 1.29 is 19.1 Å². The van der Waals surface area contributed by atoms with Crippen LogP contribution in [0.25, 0.3) is 11.0 Å². The third-order valence-electron chi connectivity index (χ3n) is 6.01. The van der Waals surface area contributed by atoms with Gasteiger partial charge in [0.1, 0.15) is 24.2 Å². The number of rotatable bonds is 9. The molecule has 0 spiro atoms. The largest absolute Gasteiger partial charge is 0.510 e. The molecule has 0 radical (unpaired) electrons. The Labute approximate surface area is 205 Å². The van der Waals surface area contributed by atoms with Crippen LogP contribution in [-0.2, 0) is 21.0 Å². The van der Waals surface area contributed by atoms with Gasteiger partial charge in [0, 0.05) is 26.3 Å². The van der Waals surface area contributed by atoms with E-state index in [4.69, 9.17) is 20.5 Å². The second-order valence-electron chi connectivity index (χ2n) is 8.21. The Bertz CT molecular complexity index is 1010. The number of halogens is 1. The summed E-state index contributed by atoms with van der Waals surface area (Å²) in [5.41, 5.74) is 6.05. The van der Waals surface area contributed by atoms with Crippen LogP contribution >= 0.6 is 12.4 Å². The Hall–Kier alpha value is -3.10. The highest BCUT2D eigenvalue weighted by atomic mass is 35.5. The highest BCUT2D eigenvalue weighted by Gasteiger charge is 2.32. The topological polar surface area (TPSA) is 140 Å². The van der Waals surface area contributed by atoms with Crippen LogP contribution < -0.4 is 10.6 Å². The van der Waals surface area contributed by atoms with Gasteiger partial charge in [-0.1, -0.05) is 6.92 Å². The van der Waals surface area contributed by atoms with E-state index in [9.17, 15) is 9.59 Å². The lowest BCUT2D eigenvalue weighted by molar-refractivity contribution is -0.131. The zero-order chi connectivity index (χ0) is 23.8. The van der Waals surface area contributed by atoms with Crippen molar-refractivity contribution in [1.82, 2.24) is 19.4 Å². The Kier molecular flexibility index (Phi) is 10.3. The van der Waals surface area contributed by atoms with E-state index in [-0.39, 0.29) is 44.1 Å². The first kappa shape index (κ1) is 27.1. The Morgan fingerprint density at radius 3 is 2.85 bits per heavy atom. The standard InChI is InChI=1S/C22H31N7O4.ClH/c1-16-6-10-28(19(30)5-9-24)13-18(16)27(2)20-17-7-11-29(21(17)26-14-25-20)15-33-22(31)32-12-4-3-8-23;/h7,11,14,16,18H,3-6,8,10,12-13,15,23H2,1-2H3;1H/t16-,18+;/m1./s1. The van der Waals surface area contributed by atoms with Gasteiger partial charge in [-0.2, -0.15) is 5.26 Å². The summed E-state index contributed by atoms with van der Waals surface area (Å²) >= 11 is 0. The average Bonchev–Trinajstić information content (AvgIpc) is 3.24. The van der Waals surface area contributed by atoms with Crippen molar-refractivity contribution in [3.63, 3.8) is 0 Å². The van der Waals surface area contributed by atoms with Crippen molar-refractivity contribution >= 4 is 41.3 Å². The van der Waals surface area contributed by atoms with Crippen molar-refractivity contribution in [3.05, 3.63) is 18.6 Å². The first-order valence-corrected chi connectivity index (χ1v) is 11.1. The lowest BCUT2D eigenvalue weighted by Crippen LogP contribution is -2.52. The quantitative estimate of drug-likeness (QED) is 0.411. The van der Waals surface area contributed by atoms with Gasteiger partial charge in [0.25, 0.3) is 0 Å². The van der Waals surface area contributed by atoms with Gasteiger partial charge in [-0.15, -0.1) is 12.4 Å². The van der Waals surface area contributed by atoms with Gasteiger partial charge in [-0.3, -0.25) is 9.36 Å². The summed E-state index contributed by atoms with van der Waals surface area (Å²) < 4.78 is 11.9. The Morgan fingerprint density at radius 1 is 1.32 bits per heavy atom. The number of carbonyl (C=O) groups excluding carboxylic acids is 2. The monoisotopic (exact) mass is 493 g/mol. The fourth-order valence-corrected chi connectivity index (χ4v) is 4.06. The van der Waals surface area contributed by atoms with Crippen LogP contribution in [0.4, 0.5) is 10.6 Å². The molecule has 2 atom stereocenters. The molecule has 186 valence electrons. The van der Waals surface area contributed by atoms with Crippen LogP contribution in [0.5, 0.6) is 0 Å². The molecule has 0 unspecified atom stereocenters. The van der Waals surface area contributed by atoms with Gasteiger partial charge >= 0.3 is 6.16 Å². The fraction of sp³-hybridized carbons (Fsp3) is 0.591. The number of amides is 1. The summed E-state index contributed by atoms with van der Waals surface area (Å²) in [4.78, 5) is 36.7. The normalized spacial score (nSPS) is 17.5. The first-order chi connectivity index (χ1) is 16.0. The zero-order valence-corrected chi connectivity index (χ0v) is 20.4. The molecule has 1 aliphatic heterocycles. The van der Waals surface area contributed by atoms with Crippen molar-refractivity contribution in [1.29, 1.82) is 5.26 Å². The Balaban J connectivity index is 0.00000408. The van der Waals surface area contributed by atoms with E-state index in [0.29, 0.717) is 37.6 Å². The number of likely N-dealkylation sites (tertiary alicyclic amines) is 1. The van der Waals surface area contributed by atoms with E-state index >= 15 is 0 Å². The molecular weight excluding hydrogens is 462 g/mol. The SMILES string of the molecule is C[C@@H]1CCN(C(=O)CC#N)C[C@@H]1N(C)c1ncnc2c1ccn2COC(=O)OCCCCN.Cl. The molecule has 1 amide bonds. The summed E-state index contributed by atoms with van der Waals surface area (Å²) in [5, 5.41) is 9.68. The highest BCUT2D eigenvalue weighted by Crippen LogP contribution is 2.29. The summed E-state index contributed by atoms with van der Waals surface area (Å²) in [6.07, 6.45) is 4.74. The number of aromatic nitrogens is 3. The van der Waals surface area contributed by atoms with Gasteiger partial charge in [0.05, 0.1) is 24.1 Å². The van der Waals surface area contributed by atoms with Gasteiger partial charge in [-0.05, 0) is 37.8 Å². The number of carbonyl (C=O) groups is 2. The molecule has 2 aromatic rings. The summed E-state index contributed by atoms with van der Waals surface area (Å²) in [7, 11) is 1.95. The second-order valence-corrected chi connectivity index (χ2v) is 8.21. The summed E-state index contributed by atoms with van der Waals surface area (Å²) in [5.74, 6) is 0.925. The number of hydrogen-bond acceptors (Lipinski definition) is 9. The molecule has 2 N–H and O–H groups in total. The van der Waals surface area contributed by atoms with E-state index in [0.717, 1.165) is 24.0 Å². The molecule has 11 nitrogen and oxygen atoms in total. The van der Waals surface area contributed by atoms with Crippen molar-refractivity contribution in [2.75, 3.05) is 38.2 Å². The molecule has 0 bridgehead atoms. The molecule has 1 aliphatic rings. The smallest absolute Gasteiger partial charge is 0.434 e. The maximum atomic E-state index is 12.2. The van der Waals surface area contributed by atoms with Crippen LogP contribution in [0, 0.1) is 17.2 Å². The van der Waals surface area contributed by atoms with Crippen molar-refractivity contribution in [2.45, 2.75) is 45.4 Å². The Morgan fingerprint density at radius 2 is 2.12 bits per heavy atom. The molecular formula is C22H32ClN7O4. The number of fused-ring (bicyclic) bond motifs is 1. The molecule has 2 aromatic heterocycles. The van der Waals surface area contributed by atoms with Gasteiger partial charge in [0.2, 0.25) is 5.91 Å². The first-order valence-electron chi connectivity index (χ1n) is 11.1. The molecule has 3 rings (SSSR count). The van der Waals surface area contributed by atoms with E-state index < -0.39 is 6.16 Å². The molecule has 1 saturated heterocycles. The van der Waals surface area contributed by atoms with E-state index in [2.05, 4.69) is 21.8 Å². The van der Waals surface area contributed by atoms with Crippen LogP contribution in [-0.4, -0.2) is 70.8 Å². The van der Waals surface area contributed by atoms with Crippen LogP contribution in [0.15, 0.2) is 18.6 Å². The van der Waals surface area contributed by atoms with E-state index in [1.807, 2.05) is 19.2 Å². The molecule has 0 aliphatic carbocycles. The van der Waals surface area contributed by atoms with Crippen molar-refractivity contribution in [2.24, 2.45) is 11.7 Å². The minimum Gasteiger partial charge on any atom is -0.434 e. The molecule has 0 saturated carbocycles. The van der Waals surface area contributed by atoms with Crippen molar-refractivity contribution in [3.8, 4) is 6.07 Å². The molecule has 12 heteroatoms. The van der Waals surface area contributed by atoms with Crippen LogP contribution in [0.3, 0.4) is 0 Å². The lowest BCUT2D eigenvalue weighted by Gasteiger charge is -2.42. The number of ether oxygens (including phenoxy) is 2. The predicted octanol–water partition coefficient (Wildman–Crippen LogP) is 2.29. The number of anilines is 1. The van der Waals surface area contributed by atoms with Gasteiger partial charge in [-0.25, -0.2) is 14.8 Å². The maximum absolute atomic E-state index is 12.2. The highest BCUT2D eigenvalue weighted by molar-refractivity contribution is 5.88. The van der Waals surface area contributed by atoms with Gasteiger partial charge in [0.15, 0.2) is 6.73 Å². The number of hydrogen-bond donors (Lipinski definition) is 1. The predicted molar refractivity (Wildman–Crippen MR) is 128 cm³/mol. The maximum Gasteiger partial charge on any atom is 0.510 e. The number of nitriles is 1. The number of likely N-dealkylation sites (N-methyl/N-ethyl adjacent to an activating group) is 1. The third kappa shape index (κ3) is 6.48. The molecule has 0 aromatic carbocycles. The summed E-state index contributed by atoms with van der Waals surface area (Å²) in [6.45, 7) is 4.13. The lowest BCUT2D eigenvalue weighted by atomic mass is 9.92. The number of unbranched alkanes of at least 4 members (excludes halogenated alkanes) is 1. The molecule has 3 heterocycles. The minimum atomic E-state index is -0.738. The number of nitrogens with zero attached hydrogens (tertiary/aromatic N) is 6. The fourth-order valence-electron chi connectivity index (χ4n) is 4.06. The second kappa shape index (κ2) is 13.0.